The molecule has 0 aliphatic carbocycles. The predicted molar refractivity (Wildman–Crippen MR) is 107 cm³/mol. The van der Waals surface area contributed by atoms with E-state index in [0.29, 0.717) is 0 Å². The summed E-state index contributed by atoms with van der Waals surface area (Å²) in [4.78, 5) is 10.4. The number of aliphatic hydroxyl groups is 1. The van der Waals surface area contributed by atoms with Crippen molar-refractivity contribution in [1.82, 2.24) is 0 Å². The molecule has 3 heteroatoms. The van der Waals surface area contributed by atoms with Crippen molar-refractivity contribution >= 4 is 5.97 Å². The van der Waals surface area contributed by atoms with Crippen molar-refractivity contribution in [3.8, 4) is 0 Å². The number of hydrogen-bond acceptors (Lipinski definition) is 2. The molecular weight excluding hydrogens is 312 g/mol. The van der Waals surface area contributed by atoms with Gasteiger partial charge in [-0.3, -0.25) is 4.79 Å². The summed E-state index contributed by atoms with van der Waals surface area (Å²) in [5.74, 6) is -0.701. The van der Waals surface area contributed by atoms with E-state index in [1.165, 1.54) is 12.8 Å². The number of hydrogen-bond donors (Lipinski definition) is 2. The molecule has 0 rings (SSSR count). The van der Waals surface area contributed by atoms with Crippen molar-refractivity contribution < 1.29 is 15.0 Å². The van der Waals surface area contributed by atoms with Crippen LogP contribution in [0.25, 0.3) is 0 Å². The fourth-order valence-corrected chi connectivity index (χ4v) is 2.33. The van der Waals surface area contributed by atoms with Gasteiger partial charge in [-0.2, -0.15) is 0 Å². The zero-order valence-corrected chi connectivity index (χ0v) is 15.8. The van der Waals surface area contributed by atoms with Gasteiger partial charge in [-0.25, -0.2) is 0 Å². The maximum atomic E-state index is 10.4. The summed E-state index contributed by atoms with van der Waals surface area (Å²) in [5.41, 5.74) is 0. The maximum Gasteiger partial charge on any atom is 0.303 e. The number of carboxylic acid groups (broad SMARTS) is 1. The molecule has 0 unspecified atom stereocenters. The van der Waals surface area contributed by atoms with Crippen LogP contribution >= 0.6 is 0 Å². The third kappa shape index (κ3) is 20.3. The predicted octanol–water partition coefficient (Wildman–Crippen LogP) is 5.97. The minimum Gasteiger partial charge on any atom is -0.481 e. The Labute approximate surface area is 153 Å². The van der Waals surface area contributed by atoms with Crippen LogP contribution in [0.3, 0.4) is 0 Å². The Hall–Kier alpha value is -1.61. The van der Waals surface area contributed by atoms with E-state index in [0.717, 1.165) is 51.4 Å². The zero-order valence-electron chi connectivity index (χ0n) is 15.8. The first kappa shape index (κ1) is 23.4. The highest BCUT2D eigenvalue weighted by molar-refractivity contribution is 5.66. The van der Waals surface area contributed by atoms with Crippen LogP contribution in [0.1, 0.15) is 77.6 Å². The van der Waals surface area contributed by atoms with E-state index in [1.807, 2.05) is 18.2 Å². The van der Waals surface area contributed by atoms with E-state index in [4.69, 9.17) is 5.11 Å². The van der Waals surface area contributed by atoms with Gasteiger partial charge in [0.15, 0.2) is 0 Å². The fourth-order valence-electron chi connectivity index (χ4n) is 2.33. The average Bonchev–Trinajstić information content (AvgIpc) is 2.58. The first-order chi connectivity index (χ1) is 12.2. The molecule has 1 atom stereocenters. The molecule has 0 aromatic carbocycles. The van der Waals surface area contributed by atoms with Crippen molar-refractivity contribution in [2.45, 2.75) is 83.7 Å². The van der Waals surface area contributed by atoms with Crippen LogP contribution in [0.2, 0.25) is 0 Å². The highest BCUT2D eigenvalue weighted by atomic mass is 16.4. The second-order valence-corrected chi connectivity index (χ2v) is 6.28. The highest BCUT2D eigenvalue weighted by Crippen LogP contribution is 2.05. The number of carbonyl (C=O) groups is 1. The smallest absolute Gasteiger partial charge is 0.303 e. The Morgan fingerprint density at radius 1 is 0.880 bits per heavy atom. The number of rotatable bonds is 16. The summed E-state index contributed by atoms with van der Waals surface area (Å²) in [6.45, 7) is 2.17. The third-order valence-electron chi connectivity index (χ3n) is 3.82. The van der Waals surface area contributed by atoms with Gasteiger partial charge in [-0.15, -0.1) is 0 Å². The molecule has 0 bridgehead atoms. The molecule has 25 heavy (non-hydrogen) atoms. The lowest BCUT2D eigenvalue weighted by Crippen LogP contribution is -2.00. The van der Waals surface area contributed by atoms with Crippen molar-refractivity contribution in [1.29, 1.82) is 0 Å². The standard InChI is InChI=1S/C22H36O3/c1-2-3-15-18-21(23)19-16-13-11-9-7-5-4-6-8-10-12-14-17-20-22(24)25/h5-8,11,13,16,19,21,23H,2-4,9-10,12,14-15,17-18,20H2,1H3,(H,24,25)/t21-/m0/s1. The summed E-state index contributed by atoms with van der Waals surface area (Å²) >= 11 is 0. The lowest BCUT2D eigenvalue weighted by molar-refractivity contribution is -0.137. The van der Waals surface area contributed by atoms with Gasteiger partial charge < -0.3 is 10.2 Å². The molecule has 0 saturated heterocycles. The van der Waals surface area contributed by atoms with Crippen LogP contribution in [0, 0.1) is 0 Å². The topological polar surface area (TPSA) is 57.5 Å². The van der Waals surface area contributed by atoms with Crippen LogP contribution in [0.4, 0.5) is 0 Å². The van der Waals surface area contributed by atoms with Crippen molar-refractivity contribution in [2.24, 2.45) is 0 Å². The normalized spacial score (nSPS) is 13.7. The molecule has 0 saturated carbocycles. The number of unbranched alkanes of at least 4 members (excludes halogenated alkanes) is 5. The lowest BCUT2D eigenvalue weighted by atomic mass is 10.1. The van der Waals surface area contributed by atoms with Crippen LogP contribution in [0.15, 0.2) is 48.6 Å². The highest BCUT2D eigenvalue weighted by Gasteiger charge is 1.96. The van der Waals surface area contributed by atoms with Gasteiger partial charge in [-0.1, -0.05) is 81.2 Å². The van der Waals surface area contributed by atoms with Crippen LogP contribution in [0.5, 0.6) is 0 Å². The number of carboxylic acids is 1. The molecule has 0 aliphatic rings. The molecule has 2 N–H and O–H groups in total. The first-order valence-electron chi connectivity index (χ1n) is 9.70. The summed E-state index contributed by atoms with van der Waals surface area (Å²) in [7, 11) is 0. The van der Waals surface area contributed by atoms with E-state index in [9.17, 15) is 9.90 Å². The van der Waals surface area contributed by atoms with Gasteiger partial charge >= 0.3 is 5.97 Å². The van der Waals surface area contributed by atoms with Crippen molar-refractivity contribution in [2.75, 3.05) is 0 Å². The molecule has 0 spiro atoms. The van der Waals surface area contributed by atoms with Gasteiger partial charge in [0.25, 0.3) is 0 Å². The van der Waals surface area contributed by atoms with Crippen molar-refractivity contribution in [3.05, 3.63) is 48.6 Å². The Kier molecular flexibility index (Phi) is 17.5. The Bertz CT molecular complexity index is 419. The molecule has 3 nitrogen and oxygen atoms in total. The maximum absolute atomic E-state index is 10.4. The van der Waals surface area contributed by atoms with E-state index in [2.05, 4.69) is 37.3 Å². The van der Waals surface area contributed by atoms with Gasteiger partial charge in [0.05, 0.1) is 6.10 Å². The van der Waals surface area contributed by atoms with Gasteiger partial charge in [0.2, 0.25) is 0 Å². The van der Waals surface area contributed by atoms with Crippen molar-refractivity contribution in [3.63, 3.8) is 0 Å². The molecule has 0 amide bonds. The average molecular weight is 349 g/mol. The quantitative estimate of drug-likeness (QED) is 0.205. The molecule has 0 aromatic rings. The summed E-state index contributed by atoms with van der Waals surface area (Å²) in [6.07, 6.45) is 26.4. The molecular formula is C22H36O3. The van der Waals surface area contributed by atoms with E-state index < -0.39 is 5.97 Å². The van der Waals surface area contributed by atoms with E-state index in [-0.39, 0.29) is 12.5 Å². The number of aliphatic hydroxyl groups excluding tert-OH is 1. The lowest BCUT2D eigenvalue weighted by Gasteiger charge is -2.02. The Morgan fingerprint density at radius 2 is 1.60 bits per heavy atom. The molecule has 0 fully saturated rings. The molecule has 0 radical (unpaired) electrons. The van der Waals surface area contributed by atoms with E-state index >= 15 is 0 Å². The van der Waals surface area contributed by atoms with Crippen LogP contribution in [-0.2, 0) is 4.79 Å². The third-order valence-corrected chi connectivity index (χ3v) is 3.82. The van der Waals surface area contributed by atoms with Gasteiger partial charge in [0.1, 0.15) is 0 Å². The monoisotopic (exact) mass is 348 g/mol. The largest absolute Gasteiger partial charge is 0.481 e. The van der Waals surface area contributed by atoms with Gasteiger partial charge in [-0.05, 0) is 38.5 Å². The first-order valence-corrected chi connectivity index (χ1v) is 9.70. The molecule has 0 heterocycles. The summed E-state index contributed by atoms with van der Waals surface area (Å²) < 4.78 is 0. The fraction of sp³-hybridized carbons (Fsp3) is 0.591. The minimum atomic E-state index is -0.701. The number of allylic oxidation sites excluding steroid dienone is 7. The minimum absolute atomic E-state index is 0.285. The Balaban J connectivity index is 3.52. The number of aliphatic carboxylic acids is 1. The van der Waals surface area contributed by atoms with E-state index in [1.54, 1.807) is 0 Å². The molecule has 0 aliphatic heterocycles. The van der Waals surface area contributed by atoms with Gasteiger partial charge in [0, 0.05) is 6.42 Å². The Morgan fingerprint density at radius 3 is 2.32 bits per heavy atom. The summed E-state index contributed by atoms with van der Waals surface area (Å²) in [5, 5.41) is 18.3. The van der Waals surface area contributed by atoms with Crippen LogP contribution in [-0.4, -0.2) is 22.3 Å². The zero-order chi connectivity index (χ0) is 18.6. The molecule has 142 valence electrons. The second-order valence-electron chi connectivity index (χ2n) is 6.28. The molecule has 0 aromatic heterocycles. The SMILES string of the molecule is CCCCC[C@H](O)C=CC=CCC=CCC=CCCCCCC(=O)O. The van der Waals surface area contributed by atoms with Crippen LogP contribution < -0.4 is 0 Å². The second kappa shape index (κ2) is 18.7. The summed E-state index contributed by atoms with van der Waals surface area (Å²) in [6, 6.07) is 0.